The third-order valence-electron chi connectivity index (χ3n) is 2.65. The van der Waals surface area contributed by atoms with E-state index in [9.17, 15) is 21.6 Å². The fourth-order valence-electron chi connectivity index (χ4n) is 1.79. The second kappa shape index (κ2) is 4.87. The van der Waals surface area contributed by atoms with Crippen molar-refractivity contribution in [3.8, 4) is 0 Å². The fraction of sp³-hybridized carbons (Fsp3) is 0.200. The molecule has 2 N–H and O–H groups in total. The Bertz CT molecular complexity index is 855. The van der Waals surface area contributed by atoms with Gasteiger partial charge in [-0.3, -0.25) is 13.9 Å². The smallest absolute Gasteiger partial charge is 0.282 e. The molecule has 11 heteroatoms. The highest BCUT2D eigenvalue weighted by Crippen LogP contribution is 2.31. The molecule has 0 fully saturated rings. The standard InChI is InChI=1S/C10H10N2O7S2/c1-6-4-10(13)12(11-6)8-5-7(20(14,15)16)2-3-9(8)21(17,18)19/h2-3,5H,4H2,1H3,(H,14,15,16)(H,17,18,19). The Morgan fingerprint density at radius 3 is 2.19 bits per heavy atom. The van der Waals surface area contributed by atoms with Crippen LogP contribution in [0.4, 0.5) is 5.69 Å². The number of anilines is 1. The molecule has 114 valence electrons. The first-order chi connectivity index (χ1) is 9.50. The lowest BCUT2D eigenvalue weighted by Crippen LogP contribution is -2.22. The molecule has 0 saturated carbocycles. The average Bonchev–Trinajstić information content (AvgIpc) is 2.65. The zero-order valence-corrected chi connectivity index (χ0v) is 12.2. The first-order valence-electron chi connectivity index (χ1n) is 5.46. The van der Waals surface area contributed by atoms with Gasteiger partial charge in [0.15, 0.2) is 0 Å². The van der Waals surface area contributed by atoms with Crippen molar-refractivity contribution in [2.75, 3.05) is 5.01 Å². The van der Waals surface area contributed by atoms with Gasteiger partial charge in [-0.2, -0.15) is 26.9 Å². The highest BCUT2D eigenvalue weighted by Gasteiger charge is 2.30. The van der Waals surface area contributed by atoms with Crippen molar-refractivity contribution < 1.29 is 30.7 Å². The van der Waals surface area contributed by atoms with E-state index in [1.54, 1.807) is 0 Å². The van der Waals surface area contributed by atoms with Crippen LogP contribution in [0.2, 0.25) is 0 Å². The zero-order valence-electron chi connectivity index (χ0n) is 10.6. The molecule has 1 aliphatic rings. The lowest BCUT2D eigenvalue weighted by atomic mass is 10.3. The predicted octanol–water partition coefficient (Wildman–Crippen LogP) is 0.293. The van der Waals surface area contributed by atoms with Crippen LogP contribution in [0.3, 0.4) is 0 Å². The molecule has 1 aromatic rings. The van der Waals surface area contributed by atoms with Crippen LogP contribution in [0.1, 0.15) is 13.3 Å². The van der Waals surface area contributed by atoms with Crippen LogP contribution < -0.4 is 5.01 Å². The summed E-state index contributed by atoms with van der Waals surface area (Å²) >= 11 is 0. The molecule has 0 unspecified atom stereocenters. The first-order valence-corrected chi connectivity index (χ1v) is 8.34. The van der Waals surface area contributed by atoms with Gasteiger partial charge in [0.1, 0.15) is 4.90 Å². The molecule has 0 bridgehead atoms. The number of nitrogens with zero attached hydrogens (tertiary/aromatic N) is 2. The molecule has 1 heterocycles. The van der Waals surface area contributed by atoms with Crippen LogP contribution >= 0.6 is 0 Å². The number of carbonyl (C=O) groups is 1. The van der Waals surface area contributed by atoms with Gasteiger partial charge in [0, 0.05) is 5.71 Å². The Balaban J connectivity index is 2.74. The van der Waals surface area contributed by atoms with Crippen LogP contribution in [0, 0.1) is 0 Å². The van der Waals surface area contributed by atoms with E-state index in [4.69, 9.17) is 9.11 Å². The van der Waals surface area contributed by atoms with Crippen LogP contribution in [0.5, 0.6) is 0 Å². The van der Waals surface area contributed by atoms with Crippen LogP contribution in [0.15, 0.2) is 33.1 Å². The number of benzene rings is 1. The van der Waals surface area contributed by atoms with Gasteiger partial charge in [-0.15, -0.1) is 0 Å². The van der Waals surface area contributed by atoms with Gasteiger partial charge in [0.05, 0.1) is 17.0 Å². The lowest BCUT2D eigenvalue weighted by Gasteiger charge is -2.15. The Morgan fingerprint density at radius 2 is 1.76 bits per heavy atom. The normalized spacial score (nSPS) is 16.2. The van der Waals surface area contributed by atoms with Crippen molar-refractivity contribution in [2.24, 2.45) is 5.10 Å². The van der Waals surface area contributed by atoms with Gasteiger partial charge in [-0.05, 0) is 25.1 Å². The summed E-state index contributed by atoms with van der Waals surface area (Å²) in [6.45, 7) is 1.53. The summed E-state index contributed by atoms with van der Waals surface area (Å²) in [7, 11) is -9.32. The summed E-state index contributed by atoms with van der Waals surface area (Å²) < 4.78 is 63.0. The SMILES string of the molecule is CC1=NN(c2cc(S(=O)(=O)O)ccc2S(=O)(=O)O)C(=O)C1. The molecule has 21 heavy (non-hydrogen) atoms. The fourth-order valence-corrected chi connectivity index (χ4v) is 2.94. The molecule has 1 amide bonds. The van der Waals surface area contributed by atoms with Crippen molar-refractivity contribution in [3.05, 3.63) is 18.2 Å². The van der Waals surface area contributed by atoms with Crippen molar-refractivity contribution in [3.63, 3.8) is 0 Å². The molecule has 0 radical (unpaired) electrons. The molecule has 0 spiro atoms. The van der Waals surface area contributed by atoms with E-state index in [2.05, 4.69) is 5.10 Å². The molecule has 9 nitrogen and oxygen atoms in total. The topological polar surface area (TPSA) is 141 Å². The maximum absolute atomic E-state index is 11.7. The molecule has 2 rings (SSSR count). The molecule has 1 aromatic carbocycles. The average molecular weight is 334 g/mol. The number of rotatable bonds is 3. The number of hydrogen-bond acceptors (Lipinski definition) is 6. The van der Waals surface area contributed by atoms with E-state index < -0.39 is 41.6 Å². The maximum Gasteiger partial charge on any atom is 0.296 e. The van der Waals surface area contributed by atoms with Crippen molar-refractivity contribution >= 4 is 37.5 Å². The van der Waals surface area contributed by atoms with Crippen molar-refractivity contribution in [1.82, 2.24) is 0 Å². The lowest BCUT2D eigenvalue weighted by molar-refractivity contribution is -0.116. The molecule has 0 aromatic heterocycles. The Labute approximate surface area is 120 Å². The van der Waals surface area contributed by atoms with Crippen molar-refractivity contribution in [1.29, 1.82) is 0 Å². The van der Waals surface area contributed by atoms with E-state index in [1.165, 1.54) is 6.92 Å². The largest absolute Gasteiger partial charge is 0.296 e. The van der Waals surface area contributed by atoms with E-state index in [0.717, 1.165) is 18.2 Å². The predicted molar refractivity (Wildman–Crippen MR) is 71.3 cm³/mol. The van der Waals surface area contributed by atoms with Gasteiger partial charge < -0.3 is 0 Å². The van der Waals surface area contributed by atoms with Crippen molar-refractivity contribution in [2.45, 2.75) is 23.1 Å². The minimum absolute atomic E-state index is 0.0684. The second-order valence-electron chi connectivity index (χ2n) is 4.30. The van der Waals surface area contributed by atoms with Crippen LogP contribution in [-0.4, -0.2) is 37.6 Å². The van der Waals surface area contributed by atoms with E-state index in [1.807, 2.05) is 0 Å². The van der Waals surface area contributed by atoms with Gasteiger partial charge in [0.2, 0.25) is 0 Å². The van der Waals surface area contributed by atoms with E-state index in [-0.39, 0.29) is 6.42 Å². The number of amides is 1. The summed E-state index contributed by atoms with van der Waals surface area (Å²) in [6, 6.07) is 2.31. The summed E-state index contributed by atoms with van der Waals surface area (Å²) in [5.74, 6) is -0.593. The number of carbonyl (C=O) groups excluding carboxylic acids is 1. The van der Waals surface area contributed by atoms with E-state index in [0.29, 0.717) is 10.7 Å². The molecule has 1 aliphatic heterocycles. The second-order valence-corrected chi connectivity index (χ2v) is 7.11. The summed E-state index contributed by atoms with van der Waals surface area (Å²) in [4.78, 5) is 10.4. The minimum atomic E-state index is -4.71. The van der Waals surface area contributed by atoms with Crippen LogP contribution in [0.25, 0.3) is 0 Å². The molecule has 0 atom stereocenters. The highest BCUT2D eigenvalue weighted by atomic mass is 32.2. The molecular weight excluding hydrogens is 324 g/mol. The van der Waals surface area contributed by atoms with E-state index >= 15 is 0 Å². The minimum Gasteiger partial charge on any atom is -0.282 e. The Kier molecular flexibility index (Phi) is 3.61. The molecule has 0 saturated heterocycles. The monoisotopic (exact) mass is 334 g/mol. The third-order valence-corrected chi connectivity index (χ3v) is 4.40. The zero-order chi connectivity index (χ0) is 16.0. The van der Waals surface area contributed by atoms with Gasteiger partial charge in [-0.25, -0.2) is 0 Å². The first kappa shape index (κ1) is 15.6. The Morgan fingerprint density at radius 1 is 1.14 bits per heavy atom. The van der Waals surface area contributed by atoms with Gasteiger partial charge in [0.25, 0.3) is 26.1 Å². The summed E-state index contributed by atoms with van der Waals surface area (Å²) in [6.07, 6.45) is -0.0684. The highest BCUT2D eigenvalue weighted by molar-refractivity contribution is 7.86. The molecular formula is C10H10N2O7S2. The van der Waals surface area contributed by atoms with Gasteiger partial charge >= 0.3 is 0 Å². The Hall–Kier alpha value is -1.82. The molecule has 0 aliphatic carbocycles. The number of hydrazone groups is 1. The quantitative estimate of drug-likeness (QED) is 0.757. The summed E-state index contributed by atoms with van der Waals surface area (Å²) in [5.41, 5.74) is -0.0620. The summed E-state index contributed by atoms with van der Waals surface area (Å²) in [5, 5.41) is 4.46. The number of hydrogen-bond donors (Lipinski definition) is 2. The maximum atomic E-state index is 11.7. The van der Waals surface area contributed by atoms with Crippen LogP contribution in [-0.2, 0) is 25.0 Å². The van der Waals surface area contributed by atoms with Gasteiger partial charge in [-0.1, -0.05) is 0 Å². The third kappa shape index (κ3) is 3.10.